The summed E-state index contributed by atoms with van der Waals surface area (Å²) in [6.45, 7) is 8.28. The van der Waals surface area contributed by atoms with Gasteiger partial charge in [-0.3, -0.25) is 12.5 Å². The number of hydrogen-bond donors (Lipinski definition) is 2. The second-order valence-corrected chi connectivity index (χ2v) is 20.9. The Kier molecular flexibility index (Phi) is 15.3. The monoisotopic (exact) mass is 942 g/mol. The summed E-state index contributed by atoms with van der Waals surface area (Å²) in [5.41, 5.74) is 5.97. The summed E-state index contributed by atoms with van der Waals surface area (Å²) in [6.07, 6.45) is 8.58. The number of allylic oxidation sites excluding steroid dienone is 6. The fraction of sp³-hybridized carbons (Fsp3) is 0.229. The number of carboxylic acids is 1. The van der Waals surface area contributed by atoms with E-state index in [1.807, 2.05) is 67.3 Å². The van der Waals surface area contributed by atoms with E-state index in [0.29, 0.717) is 21.9 Å². The lowest BCUT2D eigenvalue weighted by atomic mass is 9.80. The SMILES string of the molecule is COSc1ccc(Nc2cccc(S(=O)OC)c2)c(C(C)(C)C/C=C/C(=C/C=C2/N(c3cccc(S(=O)OC)c3)c3ccc(S(=O)(=O)OC)cc3C2(C)C)c2ccc(C(=O)O)cc2)c1. The molecule has 6 rings (SSSR count). The topological polar surface area (TPSA) is 158 Å². The van der Waals surface area contributed by atoms with Crippen LogP contribution in [0.1, 0.15) is 61.2 Å². The molecule has 2 unspecified atom stereocenters. The van der Waals surface area contributed by atoms with Gasteiger partial charge >= 0.3 is 5.97 Å². The molecule has 336 valence electrons. The highest BCUT2D eigenvalue weighted by molar-refractivity contribution is 7.94. The minimum absolute atomic E-state index is 0.0123. The summed E-state index contributed by atoms with van der Waals surface area (Å²) in [4.78, 5) is 15.8. The van der Waals surface area contributed by atoms with E-state index in [0.717, 1.165) is 57.0 Å². The average molecular weight is 943 g/mol. The molecule has 5 aromatic rings. The first-order valence-corrected chi connectivity index (χ1v) is 24.2. The summed E-state index contributed by atoms with van der Waals surface area (Å²) in [5, 5.41) is 13.2. The first kappa shape index (κ1) is 48.3. The van der Waals surface area contributed by atoms with Crippen LogP contribution in [0.4, 0.5) is 22.7 Å². The summed E-state index contributed by atoms with van der Waals surface area (Å²) in [6, 6.07) is 32.0. The zero-order valence-electron chi connectivity index (χ0n) is 36.6. The molecule has 0 bridgehead atoms. The highest BCUT2D eigenvalue weighted by atomic mass is 32.2. The Bertz CT molecular complexity index is 2800. The van der Waals surface area contributed by atoms with Crippen LogP contribution in [0.25, 0.3) is 5.57 Å². The van der Waals surface area contributed by atoms with E-state index in [9.17, 15) is 26.7 Å². The van der Waals surface area contributed by atoms with Crippen LogP contribution in [-0.4, -0.2) is 56.4 Å². The van der Waals surface area contributed by atoms with Crippen molar-refractivity contribution in [1.82, 2.24) is 0 Å². The van der Waals surface area contributed by atoms with Gasteiger partial charge in [-0.2, -0.15) is 8.42 Å². The molecule has 0 saturated carbocycles. The van der Waals surface area contributed by atoms with Gasteiger partial charge in [-0.25, -0.2) is 13.2 Å². The Hall–Kier alpha value is -5.17. The number of benzene rings is 5. The van der Waals surface area contributed by atoms with Gasteiger partial charge in [0.15, 0.2) is 22.2 Å². The molecular weight excluding hydrogens is 893 g/mol. The van der Waals surface area contributed by atoms with Crippen molar-refractivity contribution >= 4 is 78.6 Å². The van der Waals surface area contributed by atoms with Crippen molar-refractivity contribution in [3.05, 3.63) is 161 Å². The van der Waals surface area contributed by atoms with Crippen molar-refractivity contribution in [1.29, 1.82) is 0 Å². The number of aromatic carboxylic acids is 1. The highest BCUT2D eigenvalue weighted by Gasteiger charge is 2.41. The zero-order chi connectivity index (χ0) is 46.4. The van der Waals surface area contributed by atoms with Crippen molar-refractivity contribution in [3.63, 3.8) is 0 Å². The third kappa shape index (κ3) is 10.7. The predicted octanol–water partition coefficient (Wildman–Crippen LogP) is 10.8. The van der Waals surface area contributed by atoms with Crippen LogP contribution in [-0.2, 0) is 59.8 Å². The van der Waals surface area contributed by atoms with E-state index in [-0.39, 0.29) is 10.5 Å². The van der Waals surface area contributed by atoms with Gasteiger partial charge in [-0.15, -0.1) is 0 Å². The van der Waals surface area contributed by atoms with Gasteiger partial charge in [0, 0.05) is 45.1 Å². The molecule has 0 aromatic heterocycles. The number of hydrogen-bond acceptors (Lipinski definition) is 12. The fourth-order valence-corrected chi connectivity index (χ4v) is 9.85. The van der Waals surface area contributed by atoms with Gasteiger partial charge < -0.3 is 19.5 Å². The normalized spacial score (nSPS) is 15.7. The third-order valence-electron chi connectivity index (χ3n) is 10.9. The maximum Gasteiger partial charge on any atom is 0.335 e. The first-order chi connectivity index (χ1) is 30.4. The van der Waals surface area contributed by atoms with Crippen molar-refractivity contribution in [2.45, 2.75) is 64.5 Å². The number of fused-ring (bicyclic) bond motifs is 1. The van der Waals surface area contributed by atoms with Gasteiger partial charge in [0.05, 0.1) is 54.4 Å². The zero-order valence-corrected chi connectivity index (χ0v) is 39.9. The van der Waals surface area contributed by atoms with Gasteiger partial charge in [-0.05, 0) is 125 Å². The van der Waals surface area contributed by atoms with E-state index in [1.165, 1.54) is 32.3 Å². The smallest absolute Gasteiger partial charge is 0.335 e. The van der Waals surface area contributed by atoms with Gasteiger partial charge in [0.25, 0.3) is 10.1 Å². The molecule has 2 atom stereocenters. The molecule has 0 aliphatic carbocycles. The second kappa shape index (κ2) is 20.3. The number of nitrogens with zero attached hydrogens (tertiary/aromatic N) is 1. The lowest BCUT2D eigenvalue weighted by Gasteiger charge is -2.28. The van der Waals surface area contributed by atoms with Crippen LogP contribution in [0.3, 0.4) is 0 Å². The Balaban J connectivity index is 1.45. The maximum atomic E-state index is 12.9. The molecule has 1 heterocycles. The summed E-state index contributed by atoms with van der Waals surface area (Å²) >= 11 is -2.07. The minimum Gasteiger partial charge on any atom is -0.478 e. The van der Waals surface area contributed by atoms with Gasteiger partial charge in [0.2, 0.25) is 0 Å². The molecule has 12 nitrogen and oxygen atoms in total. The van der Waals surface area contributed by atoms with Crippen LogP contribution in [0.15, 0.2) is 159 Å². The molecule has 2 N–H and O–H groups in total. The van der Waals surface area contributed by atoms with Crippen molar-refractivity contribution in [2.75, 3.05) is 38.7 Å². The quantitative estimate of drug-likeness (QED) is 0.0486. The summed E-state index contributed by atoms with van der Waals surface area (Å²) in [7, 11) is 1.48. The van der Waals surface area contributed by atoms with E-state index in [4.69, 9.17) is 16.7 Å². The van der Waals surface area contributed by atoms with Crippen LogP contribution < -0.4 is 10.2 Å². The van der Waals surface area contributed by atoms with Crippen LogP contribution in [0.5, 0.6) is 0 Å². The lowest BCUT2D eigenvalue weighted by Crippen LogP contribution is -2.22. The van der Waals surface area contributed by atoms with E-state index in [2.05, 4.69) is 31.3 Å². The van der Waals surface area contributed by atoms with Gasteiger partial charge in [-0.1, -0.05) is 70.2 Å². The Morgan fingerprint density at radius 2 is 1.50 bits per heavy atom. The molecule has 64 heavy (non-hydrogen) atoms. The Morgan fingerprint density at radius 1 is 0.844 bits per heavy atom. The number of rotatable bonds is 18. The molecule has 16 heteroatoms. The predicted molar refractivity (Wildman–Crippen MR) is 254 cm³/mol. The van der Waals surface area contributed by atoms with Crippen LogP contribution >= 0.6 is 12.0 Å². The highest BCUT2D eigenvalue weighted by Crippen LogP contribution is 2.52. The van der Waals surface area contributed by atoms with E-state index in [1.54, 1.807) is 73.8 Å². The molecule has 0 fully saturated rings. The fourth-order valence-electron chi connectivity index (χ4n) is 7.48. The first-order valence-electron chi connectivity index (χ1n) is 19.9. The molecular formula is C48H50N2O10S4. The number of anilines is 4. The molecule has 0 amide bonds. The third-order valence-corrected chi connectivity index (χ3v) is 14.6. The lowest BCUT2D eigenvalue weighted by molar-refractivity contribution is 0.0696. The molecule has 0 spiro atoms. The van der Waals surface area contributed by atoms with Crippen molar-refractivity contribution < 1.29 is 43.5 Å². The Labute approximate surface area is 384 Å². The molecule has 0 saturated heterocycles. The summed E-state index contributed by atoms with van der Waals surface area (Å²) in [5.74, 6) is -1.04. The molecule has 1 aliphatic rings. The number of carbonyl (C=O) groups is 1. The van der Waals surface area contributed by atoms with Crippen molar-refractivity contribution in [2.24, 2.45) is 0 Å². The number of nitrogens with one attached hydrogen (secondary N) is 1. The molecule has 5 aromatic carbocycles. The molecule has 0 radical (unpaired) electrons. The average Bonchev–Trinajstić information content (AvgIpc) is 3.52. The van der Waals surface area contributed by atoms with Gasteiger partial charge in [0.1, 0.15) is 0 Å². The second-order valence-electron chi connectivity index (χ2n) is 15.7. The Morgan fingerprint density at radius 3 is 2.14 bits per heavy atom. The summed E-state index contributed by atoms with van der Waals surface area (Å²) < 4.78 is 71.5. The largest absolute Gasteiger partial charge is 0.478 e. The number of carboxylic acid groups (broad SMARTS) is 1. The van der Waals surface area contributed by atoms with Crippen LogP contribution in [0, 0.1) is 0 Å². The van der Waals surface area contributed by atoms with E-state index >= 15 is 0 Å². The van der Waals surface area contributed by atoms with Crippen LogP contribution in [0.2, 0.25) is 0 Å². The minimum atomic E-state index is -4.02. The maximum absolute atomic E-state index is 12.9. The molecule has 1 aliphatic heterocycles. The standard InChI is InChI=1S/C48H50N2O10S4/c1-47(2,41-30-37(61-57-5)22-24-43(41)49-35-13-9-15-38(28-35)62(53)58-6)27-11-12-32(33-17-19-34(20-18-33)46(51)52)21-26-45-48(3,4)42-31-40(64(55,56)60-8)23-25-44(42)50(45)36-14-10-16-39(29-36)63(54)59-7/h9-26,28-31,49H,27H2,1-8H3,(H,51,52)/b12-11+,32-21-,45-26+. The van der Waals surface area contributed by atoms with E-state index < -0.39 is 49.1 Å². The van der Waals surface area contributed by atoms with Crippen molar-refractivity contribution in [3.8, 4) is 0 Å².